The Hall–Kier alpha value is -0.940. The lowest BCUT2D eigenvalue weighted by atomic mass is 9.86. The Labute approximate surface area is 120 Å². The zero-order chi connectivity index (χ0) is 13.2. The van der Waals surface area contributed by atoms with E-state index in [1.807, 2.05) is 13.0 Å². The molecule has 2 rings (SSSR count). The monoisotopic (exact) mass is 355 g/mol. The molecule has 1 nitrogen and oxygen atoms in total. The smallest absolute Gasteiger partial charge is 0.123 e. The predicted octanol–water partition coefficient (Wildman–Crippen LogP) is 3.85. The number of benzene rings is 2. The summed E-state index contributed by atoms with van der Waals surface area (Å²) in [6.45, 7) is 1.93. The van der Waals surface area contributed by atoms with Crippen LogP contribution in [0.3, 0.4) is 0 Å². The highest BCUT2D eigenvalue weighted by molar-refractivity contribution is 14.1. The summed E-state index contributed by atoms with van der Waals surface area (Å²) in [7, 11) is 0. The molecular weight excluding hydrogens is 340 g/mol. The van der Waals surface area contributed by atoms with E-state index in [2.05, 4.69) is 46.9 Å². The Bertz CT molecular complexity index is 534. The van der Waals surface area contributed by atoms with Gasteiger partial charge in [0, 0.05) is 9.11 Å². The van der Waals surface area contributed by atoms with Crippen molar-refractivity contribution in [1.82, 2.24) is 0 Å². The van der Waals surface area contributed by atoms with Crippen LogP contribution in [0.25, 0.3) is 0 Å². The van der Waals surface area contributed by atoms with Crippen molar-refractivity contribution < 1.29 is 4.39 Å². The molecule has 0 aliphatic carbocycles. The normalized spacial score (nSPS) is 14.2. The summed E-state index contributed by atoms with van der Waals surface area (Å²) in [5.74, 6) is -0.244. The number of halogens is 2. The van der Waals surface area contributed by atoms with Crippen LogP contribution in [0.4, 0.5) is 4.39 Å². The highest BCUT2D eigenvalue weighted by Gasteiger charge is 2.22. The quantitative estimate of drug-likeness (QED) is 0.832. The molecule has 0 saturated carbocycles. The molecule has 18 heavy (non-hydrogen) atoms. The van der Waals surface area contributed by atoms with E-state index in [1.165, 1.54) is 15.7 Å². The lowest BCUT2D eigenvalue weighted by Gasteiger charge is -2.25. The maximum atomic E-state index is 13.2. The van der Waals surface area contributed by atoms with Crippen molar-refractivity contribution in [3.8, 4) is 0 Å². The van der Waals surface area contributed by atoms with Gasteiger partial charge in [0.2, 0.25) is 0 Å². The minimum atomic E-state index is -0.561. The minimum absolute atomic E-state index is 0.244. The van der Waals surface area contributed by atoms with E-state index in [4.69, 9.17) is 5.73 Å². The van der Waals surface area contributed by atoms with Crippen LogP contribution in [-0.2, 0) is 12.0 Å². The van der Waals surface area contributed by atoms with Crippen molar-refractivity contribution in [1.29, 1.82) is 0 Å². The van der Waals surface area contributed by atoms with E-state index in [9.17, 15) is 4.39 Å². The molecule has 0 saturated heterocycles. The summed E-state index contributed by atoms with van der Waals surface area (Å²) < 4.78 is 14.4. The van der Waals surface area contributed by atoms with Gasteiger partial charge in [0.05, 0.1) is 0 Å². The fourth-order valence-corrected chi connectivity index (χ4v) is 2.33. The second kappa shape index (κ2) is 5.36. The minimum Gasteiger partial charge on any atom is -0.321 e. The van der Waals surface area contributed by atoms with Crippen molar-refractivity contribution in [3.05, 3.63) is 69.0 Å². The molecule has 2 N–H and O–H groups in total. The van der Waals surface area contributed by atoms with E-state index in [-0.39, 0.29) is 5.82 Å². The van der Waals surface area contributed by atoms with Crippen molar-refractivity contribution >= 4 is 22.6 Å². The van der Waals surface area contributed by atoms with Gasteiger partial charge in [-0.05, 0) is 71.3 Å². The fraction of sp³-hybridized carbons (Fsp3) is 0.200. The molecule has 0 spiro atoms. The van der Waals surface area contributed by atoms with E-state index in [1.54, 1.807) is 6.07 Å². The van der Waals surface area contributed by atoms with Crippen LogP contribution in [0.5, 0.6) is 0 Å². The molecule has 0 aromatic heterocycles. The van der Waals surface area contributed by atoms with Gasteiger partial charge in [-0.3, -0.25) is 0 Å². The standard InChI is InChI=1S/C15H15FIN/c1-15(18,12-3-2-4-13(16)9-12)10-11-5-7-14(17)8-6-11/h2-9H,10,18H2,1H3. The van der Waals surface area contributed by atoms with Gasteiger partial charge in [0.1, 0.15) is 5.82 Å². The van der Waals surface area contributed by atoms with Crippen molar-refractivity contribution in [3.63, 3.8) is 0 Å². The molecule has 0 bridgehead atoms. The largest absolute Gasteiger partial charge is 0.321 e. The summed E-state index contributed by atoms with van der Waals surface area (Å²) in [5.41, 5.74) is 7.73. The summed E-state index contributed by atoms with van der Waals surface area (Å²) in [5, 5.41) is 0. The van der Waals surface area contributed by atoms with Crippen LogP contribution in [0, 0.1) is 9.39 Å². The molecule has 0 aliphatic heterocycles. The Morgan fingerprint density at radius 3 is 2.44 bits per heavy atom. The molecule has 1 atom stereocenters. The maximum absolute atomic E-state index is 13.2. The van der Waals surface area contributed by atoms with Crippen LogP contribution >= 0.6 is 22.6 Å². The average Bonchev–Trinajstić information content (AvgIpc) is 2.32. The van der Waals surface area contributed by atoms with Crippen LogP contribution in [-0.4, -0.2) is 0 Å². The third-order valence-corrected chi connectivity index (χ3v) is 3.69. The van der Waals surface area contributed by atoms with Gasteiger partial charge >= 0.3 is 0 Å². The zero-order valence-electron chi connectivity index (χ0n) is 10.2. The van der Waals surface area contributed by atoms with Crippen LogP contribution < -0.4 is 5.73 Å². The lowest BCUT2D eigenvalue weighted by Crippen LogP contribution is -2.35. The van der Waals surface area contributed by atoms with Gasteiger partial charge in [-0.2, -0.15) is 0 Å². The average molecular weight is 355 g/mol. The lowest BCUT2D eigenvalue weighted by molar-refractivity contribution is 0.486. The molecule has 3 heteroatoms. The molecule has 2 aromatic carbocycles. The van der Waals surface area contributed by atoms with Gasteiger partial charge in [0.25, 0.3) is 0 Å². The molecule has 0 heterocycles. The Morgan fingerprint density at radius 2 is 1.83 bits per heavy atom. The molecule has 0 amide bonds. The summed E-state index contributed by atoms with van der Waals surface area (Å²) >= 11 is 2.27. The number of hydrogen-bond acceptors (Lipinski definition) is 1. The SMILES string of the molecule is CC(N)(Cc1ccc(I)cc1)c1cccc(F)c1. The Morgan fingerprint density at radius 1 is 1.17 bits per heavy atom. The highest BCUT2D eigenvalue weighted by atomic mass is 127. The third kappa shape index (κ3) is 3.29. The van der Waals surface area contributed by atoms with E-state index in [0.717, 1.165) is 11.1 Å². The van der Waals surface area contributed by atoms with Crippen molar-refractivity contribution in [2.75, 3.05) is 0 Å². The van der Waals surface area contributed by atoms with Gasteiger partial charge in [-0.25, -0.2) is 4.39 Å². The van der Waals surface area contributed by atoms with Gasteiger partial charge in [-0.15, -0.1) is 0 Å². The molecule has 2 aromatic rings. The van der Waals surface area contributed by atoms with Crippen LogP contribution in [0.2, 0.25) is 0 Å². The second-order valence-electron chi connectivity index (χ2n) is 4.73. The van der Waals surface area contributed by atoms with Crippen molar-refractivity contribution in [2.24, 2.45) is 5.73 Å². The molecule has 94 valence electrons. The number of rotatable bonds is 3. The Balaban J connectivity index is 2.23. The highest BCUT2D eigenvalue weighted by Crippen LogP contribution is 2.23. The molecular formula is C15H15FIN. The van der Waals surface area contributed by atoms with Gasteiger partial charge in [0.15, 0.2) is 0 Å². The maximum Gasteiger partial charge on any atom is 0.123 e. The number of nitrogens with two attached hydrogens (primary N) is 1. The zero-order valence-corrected chi connectivity index (χ0v) is 12.3. The second-order valence-corrected chi connectivity index (χ2v) is 5.98. The molecule has 0 radical (unpaired) electrons. The van der Waals surface area contributed by atoms with Crippen LogP contribution in [0.1, 0.15) is 18.1 Å². The van der Waals surface area contributed by atoms with E-state index < -0.39 is 5.54 Å². The number of hydrogen-bond donors (Lipinski definition) is 1. The van der Waals surface area contributed by atoms with Crippen LogP contribution in [0.15, 0.2) is 48.5 Å². The van der Waals surface area contributed by atoms with Gasteiger partial charge in [-0.1, -0.05) is 24.3 Å². The fourth-order valence-electron chi connectivity index (χ4n) is 1.97. The first-order valence-corrected chi connectivity index (χ1v) is 6.85. The van der Waals surface area contributed by atoms with Crippen molar-refractivity contribution in [2.45, 2.75) is 18.9 Å². The topological polar surface area (TPSA) is 26.0 Å². The first-order valence-electron chi connectivity index (χ1n) is 5.77. The molecule has 0 fully saturated rings. The van der Waals surface area contributed by atoms with Gasteiger partial charge < -0.3 is 5.73 Å². The first kappa shape index (κ1) is 13.5. The van der Waals surface area contributed by atoms with E-state index >= 15 is 0 Å². The summed E-state index contributed by atoms with van der Waals surface area (Å²) in [6, 6.07) is 14.7. The summed E-state index contributed by atoms with van der Waals surface area (Å²) in [4.78, 5) is 0. The van der Waals surface area contributed by atoms with E-state index in [0.29, 0.717) is 6.42 Å². The predicted molar refractivity (Wildman–Crippen MR) is 80.8 cm³/mol. The Kier molecular flexibility index (Phi) is 4.02. The molecule has 1 unspecified atom stereocenters. The summed E-state index contributed by atoms with van der Waals surface area (Å²) in [6.07, 6.45) is 0.688. The first-order chi connectivity index (χ1) is 8.47. The third-order valence-electron chi connectivity index (χ3n) is 2.97. The molecule has 0 aliphatic rings.